The van der Waals surface area contributed by atoms with E-state index in [1.165, 1.54) is 0 Å². The molecule has 0 aromatic carbocycles. The van der Waals surface area contributed by atoms with Crippen LogP contribution in [0.4, 0.5) is 0 Å². The first-order valence-corrected chi connectivity index (χ1v) is 5.74. The molecular weight excluding hydrogens is 210 g/mol. The number of amides is 1. The zero-order chi connectivity index (χ0) is 12.0. The van der Waals surface area contributed by atoms with E-state index >= 15 is 0 Å². The third-order valence-corrected chi connectivity index (χ3v) is 2.71. The quantitative estimate of drug-likeness (QED) is 0.686. The Balaban J connectivity index is 2.49. The van der Waals surface area contributed by atoms with E-state index in [0.29, 0.717) is 13.2 Å². The Morgan fingerprint density at radius 2 is 2.31 bits per heavy atom. The van der Waals surface area contributed by atoms with Gasteiger partial charge in [-0.05, 0) is 6.42 Å². The minimum Gasteiger partial charge on any atom is -0.481 e. The monoisotopic (exact) mass is 229 g/mol. The summed E-state index contributed by atoms with van der Waals surface area (Å²) in [5.41, 5.74) is 0. The molecule has 1 atom stereocenters. The lowest BCUT2D eigenvalue weighted by atomic mass is 10.1. The van der Waals surface area contributed by atoms with Gasteiger partial charge in [0.15, 0.2) is 0 Å². The third-order valence-electron chi connectivity index (χ3n) is 2.71. The minimum absolute atomic E-state index is 0.0299. The zero-order valence-electron chi connectivity index (χ0n) is 9.65. The Morgan fingerprint density at radius 1 is 1.56 bits per heavy atom. The van der Waals surface area contributed by atoms with Gasteiger partial charge in [0, 0.05) is 6.54 Å². The fraction of sp³-hybridized carbons (Fsp3) is 0.818. The van der Waals surface area contributed by atoms with Crippen LogP contribution in [0.15, 0.2) is 0 Å². The Kier molecular flexibility index (Phi) is 5.25. The van der Waals surface area contributed by atoms with E-state index in [-0.39, 0.29) is 25.0 Å². The normalized spacial score (nSPS) is 21.2. The van der Waals surface area contributed by atoms with Gasteiger partial charge >= 0.3 is 5.97 Å². The molecule has 0 spiro atoms. The highest BCUT2D eigenvalue weighted by atomic mass is 16.5. The van der Waals surface area contributed by atoms with Gasteiger partial charge in [-0.15, -0.1) is 0 Å². The standard InChI is InChI=1S/C11H19NO4/c1-2-3-4-5-12-9(6-11(14)15)7-16-8-10(12)13/h9H,2-8H2,1H3,(H,14,15). The predicted molar refractivity (Wildman–Crippen MR) is 58.1 cm³/mol. The number of aliphatic carboxylic acids is 1. The van der Waals surface area contributed by atoms with Crippen molar-refractivity contribution in [1.82, 2.24) is 4.90 Å². The molecule has 0 bridgehead atoms. The molecule has 1 fully saturated rings. The van der Waals surface area contributed by atoms with E-state index in [1.54, 1.807) is 4.90 Å². The highest BCUT2D eigenvalue weighted by Gasteiger charge is 2.29. The maximum atomic E-state index is 11.6. The molecule has 1 amide bonds. The van der Waals surface area contributed by atoms with Gasteiger partial charge in [-0.2, -0.15) is 0 Å². The number of hydrogen-bond acceptors (Lipinski definition) is 3. The van der Waals surface area contributed by atoms with Crippen LogP contribution < -0.4 is 0 Å². The topological polar surface area (TPSA) is 66.8 Å². The highest BCUT2D eigenvalue weighted by molar-refractivity contribution is 5.79. The lowest BCUT2D eigenvalue weighted by molar-refractivity contribution is -0.152. The first-order chi connectivity index (χ1) is 7.65. The van der Waals surface area contributed by atoms with Crippen molar-refractivity contribution in [3.05, 3.63) is 0 Å². The van der Waals surface area contributed by atoms with Gasteiger partial charge in [-0.25, -0.2) is 0 Å². The van der Waals surface area contributed by atoms with E-state index in [4.69, 9.17) is 9.84 Å². The van der Waals surface area contributed by atoms with Gasteiger partial charge in [0.25, 0.3) is 0 Å². The highest BCUT2D eigenvalue weighted by Crippen LogP contribution is 2.13. The number of carbonyl (C=O) groups excluding carboxylic acids is 1. The van der Waals surface area contributed by atoms with Crippen LogP contribution in [0.3, 0.4) is 0 Å². The SMILES string of the molecule is CCCCCN1C(=O)COCC1CC(=O)O. The average Bonchev–Trinajstić information content (AvgIpc) is 2.21. The molecule has 1 rings (SSSR count). The molecule has 1 heterocycles. The minimum atomic E-state index is -0.885. The van der Waals surface area contributed by atoms with Crippen molar-refractivity contribution >= 4 is 11.9 Å². The van der Waals surface area contributed by atoms with Crippen LogP contribution in [0.2, 0.25) is 0 Å². The fourth-order valence-corrected chi connectivity index (χ4v) is 1.87. The summed E-state index contributed by atoms with van der Waals surface area (Å²) in [6, 6.07) is -0.296. The number of nitrogens with zero attached hydrogens (tertiary/aromatic N) is 1. The molecule has 0 saturated carbocycles. The van der Waals surface area contributed by atoms with Crippen LogP contribution in [0, 0.1) is 0 Å². The molecule has 1 aliphatic rings. The molecule has 0 aromatic rings. The van der Waals surface area contributed by atoms with Gasteiger partial charge in [0.2, 0.25) is 5.91 Å². The van der Waals surface area contributed by atoms with Crippen molar-refractivity contribution in [2.45, 2.75) is 38.6 Å². The molecule has 1 aliphatic heterocycles. The zero-order valence-corrected chi connectivity index (χ0v) is 9.65. The van der Waals surface area contributed by atoms with Gasteiger partial charge in [0.05, 0.1) is 19.1 Å². The largest absolute Gasteiger partial charge is 0.481 e. The summed E-state index contributed by atoms with van der Waals surface area (Å²) in [7, 11) is 0. The van der Waals surface area contributed by atoms with Crippen LogP contribution in [-0.2, 0) is 14.3 Å². The predicted octanol–water partition coefficient (Wildman–Crippen LogP) is 0.879. The summed E-state index contributed by atoms with van der Waals surface area (Å²) in [4.78, 5) is 23.9. The molecule has 5 heteroatoms. The first-order valence-electron chi connectivity index (χ1n) is 5.74. The summed E-state index contributed by atoms with van der Waals surface area (Å²) >= 11 is 0. The molecular formula is C11H19NO4. The van der Waals surface area contributed by atoms with Crippen LogP contribution in [0.5, 0.6) is 0 Å². The summed E-state index contributed by atoms with van der Waals surface area (Å²) in [6.07, 6.45) is 3.04. The Bertz CT molecular complexity index is 254. The van der Waals surface area contributed by atoms with E-state index < -0.39 is 5.97 Å². The number of unbranched alkanes of at least 4 members (excludes halogenated alkanes) is 2. The maximum Gasteiger partial charge on any atom is 0.305 e. The van der Waals surface area contributed by atoms with E-state index in [9.17, 15) is 9.59 Å². The third kappa shape index (κ3) is 3.81. The van der Waals surface area contributed by atoms with Crippen molar-refractivity contribution in [1.29, 1.82) is 0 Å². The summed E-state index contributed by atoms with van der Waals surface area (Å²) in [5, 5.41) is 8.75. The van der Waals surface area contributed by atoms with Crippen LogP contribution >= 0.6 is 0 Å². The number of morpholine rings is 1. The molecule has 92 valence electrons. The molecule has 0 radical (unpaired) electrons. The van der Waals surface area contributed by atoms with Gasteiger partial charge in [-0.1, -0.05) is 19.8 Å². The molecule has 0 aliphatic carbocycles. The molecule has 5 nitrogen and oxygen atoms in total. The van der Waals surface area contributed by atoms with Crippen molar-refractivity contribution in [3.8, 4) is 0 Å². The maximum absolute atomic E-state index is 11.6. The van der Waals surface area contributed by atoms with Crippen LogP contribution in [0.1, 0.15) is 32.6 Å². The van der Waals surface area contributed by atoms with Gasteiger partial charge in [-0.3, -0.25) is 9.59 Å². The van der Waals surface area contributed by atoms with Crippen molar-refractivity contribution < 1.29 is 19.4 Å². The second-order valence-corrected chi connectivity index (χ2v) is 4.06. The number of carboxylic acids is 1. The number of carbonyl (C=O) groups is 2. The van der Waals surface area contributed by atoms with Crippen molar-refractivity contribution in [3.63, 3.8) is 0 Å². The van der Waals surface area contributed by atoms with Crippen molar-refractivity contribution in [2.24, 2.45) is 0 Å². The molecule has 16 heavy (non-hydrogen) atoms. The summed E-state index contributed by atoms with van der Waals surface area (Å²) in [5.74, 6) is -0.975. The lowest BCUT2D eigenvalue weighted by Gasteiger charge is -2.34. The molecule has 1 N–H and O–H groups in total. The van der Waals surface area contributed by atoms with Gasteiger partial charge in [0.1, 0.15) is 6.61 Å². The average molecular weight is 229 g/mol. The second kappa shape index (κ2) is 6.48. The smallest absolute Gasteiger partial charge is 0.305 e. The number of carboxylic acid groups (broad SMARTS) is 1. The van der Waals surface area contributed by atoms with Crippen molar-refractivity contribution in [2.75, 3.05) is 19.8 Å². The molecule has 1 saturated heterocycles. The number of ether oxygens (including phenoxy) is 1. The Hall–Kier alpha value is -1.10. The number of hydrogen-bond donors (Lipinski definition) is 1. The van der Waals surface area contributed by atoms with Crippen LogP contribution in [0.25, 0.3) is 0 Å². The number of rotatable bonds is 6. The first kappa shape index (κ1) is 13.0. The van der Waals surface area contributed by atoms with E-state index in [0.717, 1.165) is 19.3 Å². The van der Waals surface area contributed by atoms with Gasteiger partial charge < -0.3 is 14.7 Å². The summed E-state index contributed by atoms with van der Waals surface area (Å²) in [6.45, 7) is 3.16. The van der Waals surface area contributed by atoms with E-state index in [1.807, 2.05) is 0 Å². The fourth-order valence-electron chi connectivity index (χ4n) is 1.87. The Morgan fingerprint density at radius 3 is 2.94 bits per heavy atom. The molecule has 1 unspecified atom stereocenters. The van der Waals surface area contributed by atoms with E-state index in [2.05, 4.69) is 6.92 Å². The lowest BCUT2D eigenvalue weighted by Crippen LogP contribution is -2.50. The molecule has 0 aromatic heterocycles. The summed E-state index contributed by atoms with van der Waals surface area (Å²) < 4.78 is 5.08. The van der Waals surface area contributed by atoms with Crippen LogP contribution in [-0.4, -0.2) is 47.7 Å². The second-order valence-electron chi connectivity index (χ2n) is 4.06. The Labute approximate surface area is 95.4 Å².